The van der Waals surface area contributed by atoms with Crippen LogP contribution < -0.4 is 11.2 Å². The molecule has 0 bridgehead atoms. The molecule has 19 heavy (non-hydrogen) atoms. The van der Waals surface area contributed by atoms with E-state index in [4.69, 9.17) is 16.0 Å². The summed E-state index contributed by atoms with van der Waals surface area (Å²) >= 11 is 5.82. The van der Waals surface area contributed by atoms with Gasteiger partial charge in [0, 0.05) is 38.1 Å². The van der Waals surface area contributed by atoms with Crippen molar-refractivity contribution in [2.45, 2.75) is 13.0 Å². The van der Waals surface area contributed by atoms with Gasteiger partial charge in [0.05, 0.1) is 5.52 Å². The summed E-state index contributed by atoms with van der Waals surface area (Å²) in [5.41, 5.74) is 3.66. The van der Waals surface area contributed by atoms with Crippen molar-refractivity contribution < 1.29 is 9.21 Å². The van der Waals surface area contributed by atoms with Crippen LogP contribution in [0.5, 0.6) is 0 Å². The number of aromatic nitrogens is 1. The molecule has 0 aliphatic heterocycles. The molecule has 1 aromatic carbocycles. The van der Waals surface area contributed by atoms with Crippen LogP contribution >= 0.6 is 11.6 Å². The van der Waals surface area contributed by atoms with Gasteiger partial charge in [-0.25, -0.2) is 9.80 Å². The second kappa shape index (κ2) is 5.46. The van der Waals surface area contributed by atoms with Crippen LogP contribution in [0.2, 0.25) is 5.02 Å². The highest BCUT2D eigenvalue weighted by Crippen LogP contribution is 2.18. The van der Waals surface area contributed by atoms with Gasteiger partial charge in [-0.05, 0) is 12.1 Å². The molecule has 1 aromatic heterocycles. The molecule has 1 amide bonds. The molecule has 0 aliphatic carbocycles. The molecule has 1 heterocycles. The number of nitrogens with zero attached hydrogens (tertiary/aromatic N) is 2. The van der Waals surface area contributed by atoms with Crippen molar-refractivity contribution in [2.75, 3.05) is 14.1 Å². The summed E-state index contributed by atoms with van der Waals surface area (Å²) in [7, 11) is 3.44. The third kappa shape index (κ3) is 3.15. The highest BCUT2D eigenvalue weighted by molar-refractivity contribution is 6.31. The Labute approximate surface area is 114 Å². The Morgan fingerprint density at radius 2 is 2.21 bits per heavy atom. The molecule has 0 atom stereocenters. The van der Waals surface area contributed by atoms with Gasteiger partial charge in [-0.15, -0.1) is 0 Å². The Morgan fingerprint density at radius 3 is 2.89 bits per heavy atom. The van der Waals surface area contributed by atoms with Crippen molar-refractivity contribution in [2.24, 2.45) is 0 Å². The number of fused-ring (bicyclic) bond motifs is 1. The number of hydrogen-bond acceptors (Lipinski definition) is 4. The minimum absolute atomic E-state index is 0.166. The lowest BCUT2D eigenvalue weighted by atomic mass is 10.3. The number of oxazole rings is 1. The number of amides is 1. The van der Waals surface area contributed by atoms with E-state index in [0.29, 0.717) is 16.1 Å². The fourth-order valence-electron chi connectivity index (χ4n) is 1.77. The Hall–Kier alpha value is -1.79. The molecular weight excluding hydrogens is 270 g/mol. The van der Waals surface area contributed by atoms with Gasteiger partial charge in [-0.3, -0.25) is 14.8 Å². The van der Waals surface area contributed by atoms with Crippen LogP contribution in [0.4, 0.5) is 0 Å². The molecule has 1 N–H and O–H groups in total. The first-order chi connectivity index (χ1) is 8.97. The molecule has 2 rings (SSSR count). The van der Waals surface area contributed by atoms with Crippen molar-refractivity contribution in [3.05, 3.63) is 33.8 Å². The zero-order chi connectivity index (χ0) is 14.0. The Bertz CT molecular complexity index is 660. The summed E-state index contributed by atoms with van der Waals surface area (Å²) in [6.45, 7) is 0.257. The van der Waals surface area contributed by atoms with E-state index in [1.807, 2.05) is 0 Å². The maximum Gasteiger partial charge on any atom is 0.419 e. The van der Waals surface area contributed by atoms with Crippen molar-refractivity contribution in [1.29, 1.82) is 0 Å². The van der Waals surface area contributed by atoms with Gasteiger partial charge in [0.1, 0.15) is 0 Å². The molecule has 0 saturated carbocycles. The molecule has 2 aromatic rings. The first-order valence-corrected chi connectivity index (χ1v) is 6.11. The predicted molar refractivity (Wildman–Crippen MR) is 71.9 cm³/mol. The monoisotopic (exact) mass is 283 g/mol. The maximum absolute atomic E-state index is 11.7. The number of rotatable bonds is 4. The number of carbonyl (C=O) groups excluding carboxylic acids is 1. The van der Waals surface area contributed by atoms with Crippen molar-refractivity contribution in [3.63, 3.8) is 0 Å². The van der Waals surface area contributed by atoms with Crippen LogP contribution in [0.15, 0.2) is 27.4 Å². The van der Waals surface area contributed by atoms with Gasteiger partial charge in [-0.2, -0.15) is 0 Å². The van der Waals surface area contributed by atoms with E-state index in [2.05, 4.69) is 5.43 Å². The number of hydrazine groups is 1. The molecule has 0 spiro atoms. The third-order valence-corrected chi connectivity index (χ3v) is 2.78. The maximum atomic E-state index is 11.7. The van der Waals surface area contributed by atoms with Crippen LogP contribution in [0.3, 0.4) is 0 Å². The molecule has 102 valence electrons. The minimum Gasteiger partial charge on any atom is -0.408 e. The molecule has 7 heteroatoms. The SMILES string of the molecule is CN(C)NC(=O)CCn1c(=O)oc2cc(Cl)ccc21. The van der Waals surface area contributed by atoms with Gasteiger partial charge in [0.2, 0.25) is 5.91 Å². The number of nitrogens with one attached hydrogen (secondary N) is 1. The zero-order valence-corrected chi connectivity index (χ0v) is 11.4. The van der Waals surface area contributed by atoms with E-state index in [-0.39, 0.29) is 18.9 Å². The topological polar surface area (TPSA) is 67.5 Å². The van der Waals surface area contributed by atoms with Gasteiger partial charge in [-0.1, -0.05) is 11.6 Å². The van der Waals surface area contributed by atoms with Crippen LogP contribution in [-0.4, -0.2) is 29.6 Å². The van der Waals surface area contributed by atoms with E-state index < -0.39 is 5.76 Å². The van der Waals surface area contributed by atoms with Crippen LogP contribution in [0.25, 0.3) is 11.1 Å². The molecule has 0 aliphatic rings. The lowest BCUT2D eigenvalue weighted by molar-refractivity contribution is -0.125. The van der Waals surface area contributed by atoms with E-state index in [9.17, 15) is 9.59 Å². The number of aryl methyl sites for hydroxylation is 1. The lowest BCUT2D eigenvalue weighted by Crippen LogP contribution is -2.36. The lowest BCUT2D eigenvalue weighted by Gasteiger charge is -2.11. The van der Waals surface area contributed by atoms with Crippen molar-refractivity contribution >= 4 is 28.6 Å². The van der Waals surface area contributed by atoms with E-state index in [1.165, 1.54) is 4.57 Å². The zero-order valence-electron chi connectivity index (χ0n) is 10.6. The second-order valence-electron chi connectivity index (χ2n) is 4.31. The van der Waals surface area contributed by atoms with Crippen LogP contribution in [0, 0.1) is 0 Å². The van der Waals surface area contributed by atoms with E-state index >= 15 is 0 Å². The highest BCUT2D eigenvalue weighted by Gasteiger charge is 2.11. The second-order valence-corrected chi connectivity index (χ2v) is 4.75. The third-order valence-electron chi connectivity index (χ3n) is 2.54. The molecule has 0 unspecified atom stereocenters. The number of carbonyl (C=O) groups is 1. The first kappa shape index (κ1) is 13.6. The number of hydrogen-bond donors (Lipinski definition) is 1. The van der Waals surface area contributed by atoms with Crippen molar-refractivity contribution in [3.8, 4) is 0 Å². The summed E-state index contributed by atoms with van der Waals surface area (Å²) in [4.78, 5) is 23.2. The number of halogens is 1. The average molecular weight is 284 g/mol. The van der Waals surface area contributed by atoms with Crippen LogP contribution in [-0.2, 0) is 11.3 Å². The standard InChI is InChI=1S/C12H14ClN3O3/c1-15(2)14-11(17)5-6-16-9-4-3-8(13)7-10(9)19-12(16)18/h3-4,7H,5-6H2,1-2H3,(H,14,17). The van der Waals surface area contributed by atoms with E-state index in [1.54, 1.807) is 37.3 Å². The largest absolute Gasteiger partial charge is 0.419 e. The van der Waals surface area contributed by atoms with Gasteiger partial charge >= 0.3 is 5.76 Å². The van der Waals surface area contributed by atoms with Gasteiger partial charge < -0.3 is 4.42 Å². The predicted octanol–water partition coefficient (Wildman–Crippen LogP) is 1.23. The normalized spacial score (nSPS) is 11.2. The van der Waals surface area contributed by atoms with Crippen molar-refractivity contribution in [1.82, 2.24) is 15.0 Å². The summed E-state index contributed by atoms with van der Waals surface area (Å²) < 4.78 is 6.49. The smallest absolute Gasteiger partial charge is 0.408 e. The Kier molecular flexibility index (Phi) is 3.92. The molecule has 0 saturated heterocycles. The summed E-state index contributed by atoms with van der Waals surface area (Å²) in [6.07, 6.45) is 0.190. The quantitative estimate of drug-likeness (QED) is 0.857. The minimum atomic E-state index is -0.491. The fraction of sp³-hybridized carbons (Fsp3) is 0.333. The average Bonchev–Trinajstić information content (AvgIpc) is 2.60. The first-order valence-electron chi connectivity index (χ1n) is 5.73. The summed E-state index contributed by atoms with van der Waals surface area (Å²) in [5, 5.41) is 2.05. The molecule has 6 nitrogen and oxygen atoms in total. The molecule has 0 fully saturated rings. The van der Waals surface area contributed by atoms with Gasteiger partial charge in [0.15, 0.2) is 5.58 Å². The highest BCUT2D eigenvalue weighted by atomic mass is 35.5. The molecular formula is C12H14ClN3O3. The fourth-order valence-corrected chi connectivity index (χ4v) is 1.93. The molecule has 0 radical (unpaired) electrons. The summed E-state index contributed by atoms with van der Waals surface area (Å²) in [6, 6.07) is 4.95. The van der Waals surface area contributed by atoms with Crippen LogP contribution in [0.1, 0.15) is 6.42 Å². The number of benzene rings is 1. The van der Waals surface area contributed by atoms with E-state index in [0.717, 1.165) is 0 Å². The Morgan fingerprint density at radius 1 is 1.47 bits per heavy atom. The summed E-state index contributed by atoms with van der Waals surface area (Å²) in [5.74, 6) is -0.657. The van der Waals surface area contributed by atoms with Gasteiger partial charge in [0.25, 0.3) is 0 Å². The Balaban J connectivity index is 2.19.